The molecule has 7 unspecified atom stereocenters. The predicted octanol–water partition coefficient (Wildman–Crippen LogP) is 11.3. The van der Waals surface area contributed by atoms with Gasteiger partial charge in [0.2, 0.25) is 5.91 Å². The van der Waals surface area contributed by atoms with Gasteiger partial charge in [-0.05, 0) is 19.3 Å². The van der Waals surface area contributed by atoms with Crippen molar-refractivity contribution in [1.29, 1.82) is 0 Å². The van der Waals surface area contributed by atoms with E-state index in [1.54, 1.807) is 6.08 Å². The van der Waals surface area contributed by atoms with Crippen molar-refractivity contribution in [3.05, 3.63) is 12.2 Å². The molecule has 1 aliphatic rings. The van der Waals surface area contributed by atoms with E-state index in [2.05, 4.69) is 19.2 Å². The van der Waals surface area contributed by atoms with Crippen molar-refractivity contribution in [1.82, 2.24) is 5.32 Å². The largest absolute Gasteiger partial charge is 0.394 e. The van der Waals surface area contributed by atoms with E-state index in [0.29, 0.717) is 6.42 Å². The number of ether oxygens (including phenoxy) is 2. The van der Waals surface area contributed by atoms with E-state index in [0.717, 1.165) is 38.5 Å². The van der Waals surface area contributed by atoms with Gasteiger partial charge in [-0.25, -0.2) is 0 Å². The van der Waals surface area contributed by atoms with Crippen LogP contribution in [-0.4, -0.2) is 87.5 Å². The third kappa shape index (κ3) is 31.4. The number of amides is 1. The molecular formula is C50H97NO8. The lowest BCUT2D eigenvalue weighted by molar-refractivity contribution is -0.302. The fourth-order valence-electron chi connectivity index (χ4n) is 8.28. The summed E-state index contributed by atoms with van der Waals surface area (Å²) in [5.41, 5.74) is 0. The zero-order valence-corrected chi connectivity index (χ0v) is 38.5. The van der Waals surface area contributed by atoms with Gasteiger partial charge in [-0.3, -0.25) is 4.79 Å². The zero-order chi connectivity index (χ0) is 43.0. The van der Waals surface area contributed by atoms with Gasteiger partial charge in [-0.2, -0.15) is 0 Å². The average Bonchev–Trinajstić information content (AvgIpc) is 3.23. The third-order valence-electron chi connectivity index (χ3n) is 12.4. The predicted molar refractivity (Wildman–Crippen MR) is 244 cm³/mol. The number of rotatable bonds is 43. The number of nitrogens with one attached hydrogen (secondary N) is 1. The Morgan fingerprint density at radius 1 is 0.559 bits per heavy atom. The molecule has 0 saturated carbocycles. The van der Waals surface area contributed by atoms with Crippen LogP contribution in [0.3, 0.4) is 0 Å². The van der Waals surface area contributed by atoms with Gasteiger partial charge in [0.15, 0.2) is 6.29 Å². The number of hydrogen-bond donors (Lipinski definition) is 6. The van der Waals surface area contributed by atoms with Gasteiger partial charge in [0.25, 0.3) is 0 Å². The molecule has 1 saturated heterocycles. The van der Waals surface area contributed by atoms with Crippen molar-refractivity contribution in [3.8, 4) is 0 Å². The Kier molecular flexibility index (Phi) is 38.9. The van der Waals surface area contributed by atoms with E-state index in [-0.39, 0.29) is 12.5 Å². The molecule has 0 spiro atoms. The second kappa shape index (κ2) is 41.0. The van der Waals surface area contributed by atoms with Crippen LogP contribution in [0.2, 0.25) is 0 Å². The van der Waals surface area contributed by atoms with Crippen LogP contribution in [0, 0.1) is 0 Å². The van der Waals surface area contributed by atoms with Gasteiger partial charge in [-0.1, -0.05) is 231 Å². The van der Waals surface area contributed by atoms with E-state index in [9.17, 15) is 30.3 Å². The zero-order valence-electron chi connectivity index (χ0n) is 38.5. The van der Waals surface area contributed by atoms with Crippen LogP contribution in [0.5, 0.6) is 0 Å². The summed E-state index contributed by atoms with van der Waals surface area (Å²) < 4.78 is 11.2. The van der Waals surface area contributed by atoms with Gasteiger partial charge in [0, 0.05) is 6.42 Å². The first kappa shape index (κ1) is 55.9. The summed E-state index contributed by atoms with van der Waals surface area (Å²) >= 11 is 0. The van der Waals surface area contributed by atoms with E-state index >= 15 is 0 Å². The smallest absolute Gasteiger partial charge is 0.220 e. The van der Waals surface area contributed by atoms with E-state index < -0.39 is 49.5 Å². The molecule has 0 aromatic carbocycles. The molecule has 350 valence electrons. The maximum Gasteiger partial charge on any atom is 0.220 e. The summed E-state index contributed by atoms with van der Waals surface area (Å²) in [7, 11) is 0. The van der Waals surface area contributed by atoms with Gasteiger partial charge >= 0.3 is 0 Å². The first-order valence-electron chi connectivity index (χ1n) is 25.4. The minimum absolute atomic E-state index is 0.176. The average molecular weight is 840 g/mol. The Hall–Kier alpha value is -1.07. The molecule has 7 atom stereocenters. The molecule has 1 rings (SSSR count). The Balaban J connectivity index is 2.07. The Morgan fingerprint density at radius 2 is 0.932 bits per heavy atom. The molecule has 1 fully saturated rings. The first-order chi connectivity index (χ1) is 28.8. The van der Waals surface area contributed by atoms with Gasteiger partial charge in [-0.15, -0.1) is 0 Å². The highest BCUT2D eigenvalue weighted by molar-refractivity contribution is 5.76. The molecular weight excluding hydrogens is 743 g/mol. The Bertz CT molecular complexity index is 935. The Labute approximate surface area is 363 Å². The highest BCUT2D eigenvalue weighted by Crippen LogP contribution is 2.23. The summed E-state index contributed by atoms with van der Waals surface area (Å²) in [5.74, 6) is -0.176. The van der Waals surface area contributed by atoms with E-state index in [4.69, 9.17) is 9.47 Å². The van der Waals surface area contributed by atoms with Gasteiger partial charge in [0.05, 0.1) is 25.4 Å². The lowest BCUT2D eigenvalue weighted by Gasteiger charge is -2.40. The molecule has 59 heavy (non-hydrogen) atoms. The van der Waals surface area contributed by atoms with Crippen LogP contribution < -0.4 is 5.32 Å². The number of hydrogen-bond acceptors (Lipinski definition) is 8. The fraction of sp³-hybridized carbons (Fsp3) is 0.940. The summed E-state index contributed by atoms with van der Waals surface area (Å²) in [4.78, 5) is 12.9. The van der Waals surface area contributed by atoms with Crippen molar-refractivity contribution in [2.45, 2.75) is 288 Å². The van der Waals surface area contributed by atoms with Crippen LogP contribution in [0.4, 0.5) is 0 Å². The highest BCUT2D eigenvalue weighted by Gasteiger charge is 2.44. The SMILES string of the molecule is CCCCCCC/C=C/C(O)C(COC1OC(CO)C(O)C(O)C1O)NC(=O)CCCCCCCCCCCCCCCCCCCCCCCCCCCCCCC. The minimum atomic E-state index is -1.56. The van der Waals surface area contributed by atoms with Crippen molar-refractivity contribution in [2.24, 2.45) is 0 Å². The van der Waals surface area contributed by atoms with Crippen molar-refractivity contribution >= 4 is 5.91 Å². The molecule has 1 heterocycles. The number of allylic oxidation sites excluding steroid dienone is 1. The summed E-state index contributed by atoms with van der Waals surface area (Å²) in [6.07, 6.45) is 41.7. The summed E-state index contributed by atoms with van der Waals surface area (Å²) in [5, 5.41) is 53.9. The molecule has 1 aliphatic heterocycles. The maximum atomic E-state index is 12.9. The number of aliphatic hydroxyl groups excluding tert-OH is 5. The molecule has 0 radical (unpaired) electrons. The molecule has 9 heteroatoms. The molecule has 6 N–H and O–H groups in total. The van der Waals surface area contributed by atoms with Crippen molar-refractivity contribution in [3.63, 3.8) is 0 Å². The molecule has 0 aromatic rings. The van der Waals surface area contributed by atoms with Gasteiger partial charge < -0.3 is 40.3 Å². The fourth-order valence-corrected chi connectivity index (χ4v) is 8.28. The first-order valence-corrected chi connectivity index (χ1v) is 25.4. The molecule has 0 aliphatic carbocycles. The van der Waals surface area contributed by atoms with E-state index in [1.165, 1.54) is 186 Å². The third-order valence-corrected chi connectivity index (χ3v) is 12.4. The Morgan fingerprint density at radius 3 is 1.32 bits per heavy atom. The van der Waals surface area contributed by atoms with Crippen molar-refractivity contribution in [2.75, 3.05) is 13.2 Å². The summed E-state index contributed by atoms with van der Waals surface area (Å²) in [6, 6.07) is -0.796. The lowest BCUT2D eigenvalue weighted by Crippen LogP contribution is -2.60. The topological polar surface area (TPSA) is 149 Å². The summed E-state index contributed by atoms with van der Waals surface area (Å²) in [6.45, 7) is 3.73. The monoisotopic (exact) mass is 840 g/mol. The van der Waals surface area contributed by atoms with Gasteiger partial charge in [0.1, 0.15) is 24.4 Å². The van der Waals surface area contributed by atoms with Crippen LogP contribution in [0.1, 0.15) is 245 Å². The van der Waals surface area contributed by atoms with Crippen molar-refractivity contribution < 1.29 is 39.8 Å². The van der Waals surface area contributed by atoms with Crippen LogP contribution >= 0.6 is 0 Å². The minimum Gasteiger partial charge on any atom is -0.394 e. The number of aliphatic hydroxyl groups is 5. The highest BCUT2D eigenvalue weighted by atomic mass is 16.7. The molecule has 9 nitrogen and oxygen atoms in total. The number of carbonyl (C=O) groups is 1. The maximum absolute atomic E-state index is 12.9. The second-order valence-electron chi connectivity index (χ2n) is 18.0. The van der Waals surface area contributed by atoms with Crippen LogP contribution in [0.15, 0.2) is 12.2 Å². The second-order valence-corrected chi connectivity index (χ2v) is 18.0. The molecule has 0 aromatic heterocycles. The normalized spacial score (nSPS) is 20.7. The number of carbonyl (C=O) groups excluding carboxylic acids is 1. The quantitative estimate of drug-likeness (QED) is 0.0263. The molecule has 0 bridgehead atoms. The lowest BCUT2D eigenvalue weighted by atomic mass is 9.99. The van der Waals surface area contributed by atoms with Crippen LogP contribution in [0.25, 0.3) is 0 Å². The molecule has 1 amide bonds. The standard InChI is InChI=1S/C50H97NO8/c1-3-5-7-9-11-12-13-14-15-16-17-18-19-20-21-22-23-24-25-26-27-28-29-30-31-32-34-36-38-40-46(54)51-43(44(53)39-37-35-33-10-8-6-4-2)42-58-50-49(57)48(56)47(55)45(41-52)59-50/h37,39,43-45,47-50,52-53,55-57H,3-36,38,40-42H2,1-2H3,(H,51,54)/b39-37+. The number of unbranched alkanes of at least 4 members (excludes halogenated alkanes) is 33. The van der Waals surface area contributed by atoms with E-state index in [1.807, 2.05) is 6.08 Å². The van der Waals surface area contributed by atoms with Crippen LogP contribution in [-0.2, 0) is 14.3 Å².